The summed E-state index contributed by atoms with van der Waals surface area (Å²) < 4.78 is 8.22. The molecule has 2 amide bonds. The van der Waals surface area contributed by atoms with E-state index in [1.165, 1.54) is 0 Å². The predicted molar refractivity (Wildman–Crippen MR) is 99.1 cm³/mol. The number of rotatable bonds is 2. The summed E-state index contributed by atoms with van der Waals surface area (Å²) in [5.74, 6) is 0.547. The summed E-state index contributed by atoms with van der Waals surface area (Å²) >= 11 is 0. The van der Waals surface area contributed by atoms with Gasteiger partial charge in [0.25, 0.3) is 11.8 Å². The van der Waals surface area contributed by atoms with Crippen molar-refractivity contribution in [3.8, 4) is 6.07 Å². The molecule has 8 heteroatoms. The smallest absolute Gasteiger partial charge is 0.253 e. The van der Waals surface area contributed by atoms with Crippen molar-refractivity contribution in [3.63, 3.8) is 0 Å². The van der Waals surface area contributed by atoms with Gasteiger partial charge >= 0.3 is 0 Å². The van der Waals surface area contributed by atoms with Crippen molar-refractivity contribution in [2.24, 2.45) is 0 Å². The van der Waals surface area contributed by atoms with Crippen LogP contribution >= 0.6 is 0 Å². The number of piperidine rings is 1. The van der Waals surface area contributed by atoms with Crippen LogP contribution in [0.15, 0.2) is 36.7 Å². The van der Waals surface area contributed by atoms with Crippen molar-refractivity contribution in [2.45, 2.75) is 31.1 Å². The van der Waals surface area contributed by atoms with E-state index in [2.05, 4.69) is 16.4 Å². The maximum absolute atomic E-state index is 12.8. The monoisotopic (exact) mass is 379 g/mol. The van der Waals surface area contributed by atoms with E-state index in [1.54, 1.807) is 42.4 Å². The summed E-state index contributed by atoms with van der Waals surface area (Å²) in [6.45, 7) is 1.41. The highest BCUT2D eigenvalue weighted by Gasteiger charge is 2.47. The first-order valence-corrected chi connectivity index (χ1v) is 9.27. The molecule has 144 valence electrons. The number of imidazole rings is 1. The Morgan fingerprint density at radius 1 is 1.36 bits per heavy atom. The number of aromatic nitrogens is 2. The summed E-state index contributed by atoms with van der Waals surface area (Å²) in [6.07, 6.45) is 4.11. The van der Waals surface area contributed by atoms with Gasteiger partial charge in [-0.15, -0.1) is 0 Å². The topological polar surface area (TPSA) is 100 Å². The number of carbonyl (C=O) groups is 2. The number of fused-ring (bicyclic) bond motifs is 2. The van der Waals surface area contributed by atoms with Crippen LogP contribution in [0.3, 0.4) is 0 Å². The largest absolute Gasteiger partial charge is 0.357 e. The molecule has 28 heavy (non-hydrogen) atoms. The van der Waals surface area contributed by atoms with Crippen molar-refractivity contribution in [2.75, 3.05) is 20.1 Å². The van der Waals surface area contributed by atoms with Gasteiger partial charge in [0.1, 0.15) is 11.4 Å². The predicted octanol–water partition coefficient (Wildman–Crippen LogP) is 1.03. The molecule has 0 aliphatic carbocycles. The fourth-order valence-corrected chi connectivity index (χ4v) is 4.01. The van der Waals surface area contributed by atoms with Gasteiger partial charge in [0.15, 0.2) is 6.10 Å². The van der Waals surface area contributed by atoms with Gasteiger partial charge in [0, 0.05) is 50.9 Å². The summed E-state index contributed by atoms with van der Waals surface area (Å²) in [5.41, 5.74) is 0.291. The van der Waals surface area contributed by atoms with Crippen LogP contribution in [0.1, 0.15) is 34.6 Å². The molecule has 1 fully saturated rings. The molecule has 2 aliphatic heterocycles. The lowest BCUT2D eigenvalue weighted by Crippen LogP contribution is -2.54. The number of likely N-dealkylation sites (tertiary alicyclic amines) is 1. The van der Waals surface area contributed by atoms with E-state index < -0.39 is 11.7 Å². The second-order valence-electron chi connectivity index (χ2n) is 7.10. The van der Waals surface area contributed by atoms with Gasteiger partial charge < -0.3 is 19.5 Å². The van der Waals surface area contributed by atoms with Gasteiger partial charge in [-0.2, -0.15) is 5.26 Å². The Labute approximate surface area is 162 Å². The standard InChI is InChI=1S/C20H21N5O3/c1-22-17(26)16-13-25-10-7-23-19(25)20(28-16)5-8-24(9-6-20)18(27)15-4-2-3-14(11-15)12-21/h2-4,7,10-11,16H,5-6,8-9,13H2,1H3,(H,22,26)/t16-/m1/s1. The Kier molecular flexibility index (Phi) is 4.61. The van der Waals surface area contributed by atoms with Gasteiger partial charge in [-0.3, -0.25) is 9.59 Å². The molecule has 1 saturated heterocycles. The van der Waals surface area contributed by atoms with Crippen molar-refractivity contribution < 1.29 is 14.3 Å². The first-order valence-electron chi connectivity index (χ1n) is 9.27. The van der Waals surface area contributed by atoms with Gasteiger partial charge in [-0.1, -0.05) is 6.07 Å². The van der Waals surface area contributed by atoms with Crippen molar-refractivity contribution in [1.82, 2.24) is 19.8 Å². The summed E-state index contributed by atoms with van der Waals surface area (Å²) in [5, 5.41) is 11.7. The molecule has 4 rings (SSSR count). The van der Waals surface area contributed by atoms with E-state index in [0.29, 0.717) is 43.6 Å². The highest BCUT2D eigenvalue weighted by atomic mass is 16.5. The van der Waals surface area contributed by atoms with E-state index in [-0.39, 0.29) is 11.8 Å². The normalized spacial score (nSPS) is 20.3. The van der Waals surface area contributed by atoms with Crippen LogP contribution in [-0.2, 0) is 21.7 Å². The average Bonchev–Trinajstić information content (AvgIpc) is 3.23. The molecule has 0 unspecified atom stereocenters. The minimum Gasteiger partial charge on any atom is -0.357 e. The molecule has 3 heterocycles. The zero-order valence-electron chi connectivity index (χ0n) is 15.6. The van der Waals surface area contributed by atoms with Crippen molar-refractivity contribution in [1.29, 1.82) is 5.26 Å². The number of benzene rings is 1. The number of carbonyl (C=O) groups excluding carboxylic acids is 2. The number of ether oxygens (including phenoxy) is 1. The van der Waals surface area contributed by atoms with Crippen LogP contribution in [-0.4, -0.2) is 52.5 Å². The third-order valence-corrected chi connectivity index (χ3v) is 5.49. The second-order valence-corrected chi connectivity index (χ2v) is 7.10. The number of hydrogen-bond acceptors (Lipinski definition) is 5. The first kappa shape index (κ1) is 18.2. The number of likely N-dealkylation sites (N-methyl/N-ethyl adjacent to an activating group) is 1. The quantitative estimate of drug-likeness (QED) is 0.840. The molecule has 2 aromatic rings. The lowest BCUT2D eigenvalue weighted by molar-refractivity contribution is -0.171. The third kappa shape index (κ3) is 3.04. The molecular formula is C20H21N5O3. The SMILES string of the molecule is CNC(=O)[C@H]1Cn2ccnc2C2(CCN(C(=O)c3cccc(C#N)c3)CC2)O1. The Morgan fingerprint density at radius 3 is 2.86 bits per heavy atom. The molecule has 1 aromatic carbocycles. The highest BCUT2D eigenvalue weighted by Crippen LogP contribution is 2.40. The number of nitrogens with zero attached hydrogens (tertiary/aromatic N) is 4. The average molecular weight is 379 g/mol. The number of amides is 2. The molecule has 0 bridgehead atoms. The number of nitriles is 1. The Hall–Kier alpha value is -3.18. The van der Waals surface area contributed by atoms with Gasteiger partial charge in [0.05, 0.1) is 18.2 Å². The molecule has 1 spiro atoms. The van der Waals surface area contributed by atoms with E-state index in [9.17, 15) is 9.59 Å². The van der Waals surface area contributed by atoms with Crippen molar-refractivity contribution >= 4 is 11.8 Å². The molecule has 1 atom stereocenters. The Morgan fingerprint density at radius 2 is 2.14 bits per heavy atom. The maximum atomic E-state index is 12.8. The van der Waals surface area contributed by atoms with Gasteiger partial charge in [0.2, 0.25) is 0 Å². The molecule has 2 aliphatic rings. The van der Waals surface area contributed by atoms with Gasteiger partial charge in [-0.05, 0) is 18.2 Å². The number of nitrogens with one attached hydrogen (secondary N) is 1. The Bertz CT molecular complexity index is 953. The van der Waals surface area contributed by atoms with E-state index in [0.717, 1.165) is 5.82 Å². The lowest BCUT2D eigenvalue weighted by Gasteiger charge is -2.45. The van der Waals surface area contributed by atoms with Crippen LogP contribution in [0, 0.1) is 11.3 Å². The van der Waals surface area contributed by atoms with Crippen molar-refractivity contribution in [3.05, 3.63) is 53.6 Å². The zero-order chi connectivity index (χ0) is 19.7. The van der Waals surface area contributed by atoms with Crippen LogP contribution in [0.25, 0.3) is 0 Å². The van der Waals surface area contributed by atoms with E-state index >= 15 is 0 Å². The molecule has 8 nitrogen and oxygen atoms in total. The Balaban J connectivity index is 1.53. The minimum atomic E-state index is -0.676. The fourth-order valence-electron chi connectivity index (χ4n) is 4.01. The second kappa shape index (κ2) is 7.09. The fraction of sp³-hybridized carbons (Fsp3) is 0.400. The summed E-state index contributed by atoms with van der Waals surface area (Å²) in [4.78, 5) is 31.3. The molecule has 1 aromatic heterocycles. The minimum absolute atomic E-state index is 0.103. The van der Waals surface area contributed by atoms with Crippen LogP contribution in [0.5, 0.6) is 0 Å². The first-order chi connectivity index (χ1) is 13.6. The molecule has 0 saturated carbocycles. The molecular weight excluding hydrogens is 358 g/mol. The van der Waals surface area contributed by atoms with Gasteiger partial charge in [-0.25, -0.2) is 4.98 Å². The third-order valence-electron chi connectivity index (χ3n) is 5.49. The molecule has 1 N–H and O–H groups in total. The van der Waals surface area contributed by atoms with E-state index in [4.69, 9.17) is 10.00 Å². The lowest BCUT2D eigenvalue weighted by atomic mass is 9.88. The maximum Gasteiger partial charge on any atom is 0.253 e. The van der Waals surface area contributed by atoms with Crippen LogP contribution in [0.4, 0.5) is 0 Å². The summed E-state index contributed by atoms with van der Waals surface area (Å²) in [6, 6.07) is 8.78. The van der Waals surface area contributed by atoms with Crippen LogP contribution < -0.4 is 5.32 Å². The highest BCUT2D eigenvalue weighted by molar-refractivity contribution is 5.94. The number of hydrogen-bond donors (Lipinski definition) is 1. The van der Waals surface area contributed by atoms with Crippen LogP contribution in [0.2, 0.25) is 0 Å². The zero-order valence-corrected chi connectivity index (χ0v) is 15.6. The summed E-state index contributed by atoms with van der Waals surface area (Å²) in [7, 11) is 1.60. The molecule has 0 radical (unpaired) electrons. The van der Waals surface area contributed by atoms with E-state index in [1.807, 2.05) is 10.8 Å².